The van der Waals surface area contributed by atoms with Crippen LogP contribution in [0.3, 0.4) is 0 Å². The molecule has 3 aliphatic carbocycles. The van der Waals surface area contributed by atoms with Gasteiger partial charge in [-0.2, -0.15) is 0 Å². The van der Waals surface area contributed by atoms with Crippen molar-refractivity contribution < 1.29 is 42.9 Å². The van der Waals surface area contributed by atoms with Crippen molar-refractivity contribution in [2.75, 3.05) is 7.11 Å². The van der Waals surface area contributed by atoms with Crippen molar-refractivity contribution in [3.8, 4) is 0 Å². The quantitative estimate of drug-likeness (QED) is 0.516. The van der Waals surface area contributed by atoms with Gasteiger partial charge in [0.1, 0.15) is 23.2 Å². The highest BCUT2D eigenvalue weighted by Crippen LogP contribution is 2.66. The average Bonchev–Trinajstić information content (AvgIpc) is 3.23. The maximum absolute atomic E-state index is 13.7. The molecule has 7 atom stereocenters. The summed E-state index contributed by atoms with van der Waals surface area (Å²) >= 11 is 0. The molecule has 2 saturated carbocycles. The van der Waals surface area contributed by atoms with E-state index < -0.39 is 64.3 Å². The van der Waals surface area contributed by atoms with E-state index in [0.29, 0.717) is 17.7 Å². The van der Waals surface area contributed by atoms with Crippen LogP contribution in [0.1, 0.15) is 64.7 Å². The van der Waals surface area contributed by atoms with Crippen molar-refractivity contribution in [1.82, 2.24) is 0 Å². The standard InChI is InChI=1S/C25H32O9/c1-12(26)33-20-19-15(11-16-14(8-10-32-16)18(19)22(29)31-6)24(5)17(28)7-9-23(3,4)25(24,30)21(20)34-13(2)27/h8,10,15,18-21,30H,7,9,11H2,1-6H3. The summed E-state index contributed by atoms with van der Waals surface area (Å²) in [5.41, 5.74) is -3.62. The van der Waals surface area contributed by atoms with E-state index in [1.165, 1.54) is 27.2 Å². The number of Topliss-reactive ketones (excluding diaryl/α,β-unsaturated/α-hetero) is 1. The van der Waals surface area contributed by atoms with Crippen molar-refractivity contribution in [3.63, 3.8) is 0 Å². The SMILES string of the molecule is COC(=O)C1c2ccoc2CC2C1C(OC(C)=O)C(OC(C)=O)C1(O)C(C)(C)CCC(=O)C21C. The van der Waals surface area contributed by atoms with E-state index in [4.69, 9.17) is 18.6 Å². The first-order valence-electron chi connectivity index (χ1n) is 11.6. The second kappa shape index (κ2) is 7.93. The zero-order valence-corrected chi connectivity index (χ0v) is 20.4. The highest BCUT2D eigenvalue weighted by atomic mass is 16.6. The summed E-state index contributed by atoms with van der Waals surface area (Å²) in [6, 6.07) is 1.66. The third kappa shape index (κ3) is 3.08. The van der Waals surface area contributed by atoms with Crippen LogP contribution in [0.5, 0.6) is 0 Å². The normalized spacial score (nSPS) is 38.1. The second-order valence-electron chi connectivity index (χ2n) is 10.6. The maximum atomic E-state index is 13.7. The van der Waals surface area contributed by atoms with Crippen LogP contribution in [-0.2, 0) is 39.8 Å². The first kappa shape index (κ1) is 24.4. The predicted octanol–water partition coefficient (Wildman–Crippen LogP) is 2.33. The first-order chi connectivity index (χ1) is 15.8. The molecule has 0 bridgehead atoms. The van der Waals surface area contributed by atoms with Gasteiger partial charge >= 0.3 is 17.9 Å². The summed E-state index contributed by atoms with van der Waals surface area (Å²) in [6.07, 6.45) is -0.295. The van der Waals surface area contributed by atoms with E-state index in [2.05, 4.69) is 0 Å². The minimum atomic E-state index is -1.88. The van der Waals surface area contributed by atoms with Crippen LogP contribution in [-0.4, -0.2) is 53.7 Å². The van der Waals surface area contributed by atoms with Gasteiger partial charge in [0.05, 0.1) is 24.7 Å². The van der Waals surface area contributed by atoms with E-state index in [1.54, 1.807) is 13.0 Å². The summed E-state index contributed by atoms with van der Waals surface area (Å²) < 4.78 is 22.3. The molecule has 0 aliphatic heterocycles. The molecular weight excluding hydrogens is 444 g/mol. The Labute approximate surface area is 198 Å². The number of carbonyl (C=O) groups is 4. The lowest BCUT2D eigenvalue weighted by atomic mass is 9.39. The Morgan fingerprint density at radius 3 is 2.35 bits per heavy atom. The number of hydrogen-bond donors (Lipinski definition) is 1. The Kier molecular flexibility index (Phi) is 5.70. The Bertz CT molecular complexity index is 1040. The molecule has 0 radical (unpaired) electrons. The van der Waals surface area contributed by atoms with Crippen molar-refractivity contribution in [2.24, 2.45) is 22.7 Å². The third-order valence-electron chi connectivity index (χ3n) is 8.63. The van der Waals surface area contributed by atoms with E-state index in [9.17, 15) is 24.3 Å². The van der Waals surface area contributed by atoms with Gasteiger partial charge in [-0.05, 0) is 30.7 Å². The Hall–Kier alpha value is -2.68. The highest BCUT2D eigenvalue weighted by Gasteiger charge is 2.77. The van der Waals surface area contributed by atoms with Crippen molar-refractivity contribution in [1.29, 1.82) is 0 Å². The molecule has 3 aliphatic rings. The third-order valence-corrected chi connectivity index (χ3v) is 8.63. The number of methoxy groups -OCH3 is 1. The minimum absolute atomic E-state index is 0.193. The van der Waals surface area contributed by atoms with Crippen molar-refractivity contribution in [3.05, 3.63) is 23.7 Å². The fraction of sp³-hybridized carbons (Fsp3) is 0.680. The van der Waals surface area contributed by atoms with Gasteiger partial charge in [0.2, 0.25) is 0 Å². The molecule has 4 rings (SSSR count). The number of rotatable bonds is 3. The molecule has 0 aromatic carbocycles. The summed E-state index contributed by atoms with van der Waals surface area (Å²) in [6.45, 7) is 7.73. The van der Waals surface area contributed by atoms with Crippen LogP contribution in [0.4, 0.5) is 0 Å². The van der Waals surface area contributed by atoms with Gasteiger partial charge in [0.15, 0.2) is 6.10 Å². The van der Waals surface area contributed by atoms with Gasteiger partial charge in [-0.3, -0.25) is 19.2 Å². The van der Waals surface area contributed by atoms with Gasteiger partial charge in [0, 0.05) is 38.2 Å². The zero-order valence-electron chi connectivity index (χ0n) is 20.4. The number of fused-ring (bicyclic) bond motifs is 4. The lowest BCUT2D eigenvalue weighted by molar-refractivity contribution is -0.303. The van der Waals surface area contributed by atoms with E-state index in [-0.39, 0.29) is 18.6 Å². The fourth-order valence-electron chi connectivity index (χ4n) is 7.05. The van der Waals surface area contributed by atoms with Crippen LogP contribution < -0.4 is 0 Å². The second-order valence-corrected chi connectivity index (χ2v) is 10.6. The number of aliphatic hydroxyl groups is 1. The van der Waals surface area contributed by atoms with Crippen LogP contribution in [0.15, 0.2) is 16.7 Å². The fourth-order valence-corrected chi connectivity index (χ4v) is 7.05. The van der Waals surface area contributed by atoms with Gasteiger partial charge in [-0.1, -0.05) is 13.8 Å². The largest absolute Gasteiger partial charge is 0.469 e. The number of esters is 3. The zero-order chi connectivity index (χ0) is 25.2. The molecule has 186 valence electrons. The Morgan fingerprint density at radius 1 is 1.12 bits per heavy atom. The number of ketones is 1. The topological polar surface area (TPSA) is 129 Å². The molecule has 1 N–H and O–H groups in total. The molecule has 2 fully saturated rings. The summed E-state index contributed by atoms with van der Waals surface area (Å²) in [4.78, 5) is 51.4. The number of carbonyl (C=O) groups excluding carboxylic acids is 4. The lowest BCUT2D eigenvalue weighted by Gasteiger charge is -2.67. The molecule has 0 spiro atoms. The molecule has 1 aromatic heterocycles. The van der Waals surface area contributed by atoms with E-state index >= 15 is 0 Å². The van der Waals surface area contributed by atoms with Crippen LogP contribution in [0.2, 0.25) is 0 Å². The predicted molar refractivity (Wildman–Crippen MR) is 116 cm³/mol. The monoisotopic (exact) mass is 476 g/mol. The highest BCUT2D eigenvalue weighted by molar-refractivity contribution is 5.89. The van der Waals surface area contributed by atoms with Gasteiger partial charge in [-0.25, -0.2) is 0 Å². The molecule has 9 nitrogen and oxygen atoms in total. The molecule has 9 heteroatoms. The van der Waals surface area contributed by atoms with Crippen molar-refractivity contribution in [2.45, 2.75) is 77.6 Å². The molecule has 1 aromatic rings. The van der Waals surface area contributed by atoms with Crippen molar-refractivity contribution >= 4 is 23.7 Å². The number of ether oxygens (including phenoxy) is 3. The molecule has 1 heterocycles. The number of hydrogen-bond acceptors (Lipinski definition) is 9. The molecule has 0 amide bonds. The molecule has 7 unspecified atom stereocenters. The Morgan fingerprint density at radius 2 is 1.76 bits per heavy atom. The number of furan rings is 1. The summed E-state index contributed by atoms with van der Waals surface area (Å²) in [5.74, 6) is -4.01. The van der Waals surface area contributed by atoms with E-state index in [0.717, 1.165) is 0 Å². The van der Waals surface area contributed by atoms with Gasteiger partial charge < -0.3 is 23.7 Å². The van der Waals surface area contributed by atoms with E-state index in [1.807, 2.05) is 13.8 Å². The maximum Gasteiger partial charge on any atom is 0.313 e. The summed E-state index contributed by atoms with van der Waals surface area (Å²) in [5, 5.41) is 12.5. The van der Waals surface area contributed by atoms with Crippen LogP contribution in [0.25, 0.3) is 0 Å². The molecule has 34 heavy (non-hydrogen) atoms. The van der Waals surface area contributed by atoms with Crippen LogP contribution in [0, 0.1) is 22.7 Å². The minimum Gasteiger partial charge on any atom is -0.469 e. The van der Waals surface area contributed by atoms with Crippen LogP contribution >= 0.6 is 0 Å². The average molecular weight is 477 g/mol. The summed E-state index contributed by atoms with van der Waals surface area (Å²) in [7, 11) is 1.26. The smallest absolute Gasteiger partial charge is 0.313 e. The Balaban J connectivity index is 2.05. The van der Waals surface area contributed by atoms with Gasteiger partial charge in [0.25, 0.3) is 0 Å². The molecule has 0 saturated heterocycles. The first-order valence-corrected chi connectivity index (χ1v) is 11.6. The lowest BCUT2D eigenvalue weighted by Crippen LogP contribution is -2.79. The molecular formula is C25H32O9. The van der Waals surface area contributed by atoms with Gasteiger partial charge in [-0.15, -0.1) is 0 Å².